The van der Waals surface area contributed by atoms with Gasteiger partial charge >= 0.3 is 6.09 Å². The van der Waals surface area contributed by atoms with E-state index in [-0.39, 0.29) is 12.1 Å². The maximum atomic E-state index is 11.8. The average molecular weight is 301 g/mol. The summed E-state index contributed by atoms with van der Waals surface area (Å²) in [5, 5.41) is 11.9. The first-order valence-corrected chi connectivity index (χ1v) is 7.56. The molecule has 2 rings (SSSR count). The van der Waals surface area contributed by atoms with E-state index >= 15 is 0 Å². The lowest BCUT2D eigenvalue weighted by Crippen LogP contribution is -2.40. The van der Waals surface area contributed by atoms with E-state index in [0.29, 0.717) is 5.56 Å². The van der Waals surface area contributed by atoms with Crippen LogP contribution in [0.4, 0.5) is 4.79 Å². The van der Waals surface area contributed by atoms with Crippen LogP contribution < -0.4 is 5.32 Å². The van der Waals surface area contributed by atoms with E-state index in [2.05, 4.69) is 16.3 Å². The molecule has 118 valence electrons. The molecular weight excluding hydrogens is 278 g/mol. The molecule has 1 fully saturated rings. The van der Waals surface area contributed by atoms with Crippen molar-refractivity contribution in [2.24, 2.45) is 0 Å². The Morgan fingerprint density at radius 1 is 1.50 bits per heavy atom. The van der Waals surface area contributed by atoms with Crippen LogP contribution in [0.25, 0.3) is 0 Å². The molecule has 1 aliphatic heterocycles. The molecule has 1 atom stereocenters. The molecule has 22 heavy (non-hydrogen) atoms. The third-order valence-corrected chi connectivity index (χ3v) is 3.46. The Balaban J connectivity index is 1.83. The van der Waals surface area contributed by atoms with E-state index in [9.17, 15) is 4.79 Å². The van der Waals surface area contributed by atoms with Crippen LogP contribution in [0.15, 0.2) is 24.3 Å². The summed E-state index contributed by atoms with van der Waals surface area (Å²) >= 11 is 0. The van der Waals surface area contributed by atoms with Gasteiger partial charge in [-0.25, -0.2) is 4.79 Å². The van der Waals surface area contributed by atoms with Crippen LogP contribution >= 0.6 is 0 Å². The summed E-state index contributed by atoms with van der Waals surface area (Å²) in [5.74, 6) is 0. The topological polar surface area (TPSA) is 65.4 Å². The minimum Gasteiger partial charge on any atom is -0.444 e. The van der Waals surface area contributed by atoms with Gasteiger partial charge < -0.3 is 10.1 Å². The van der Waals surface area contributed by atoms with Gasteiger partial charge in [0.25, 0.3) is 0 Å². The SMILES string of the molecule is CC(C)(C)OC(=O)N[C@@H]1CCN(Cc2cccc(C#N)c2)C1. The Hall–Kier alpha value is -2.06. The third-order valence-electron chi connectivity index (χ3n) is 3.46. The molecule has 5 heteroatoms. The maximum absolute atomic E-state index is 11.8. The molecule has 1 heterocycles. The number of hydrogen-bond acceptors (Lipinski definition) is 4. The first kappa shape index (κ1) is 16.3. The lowest BCUT2D eigenvalue weighted by molar-refractivity contribution is 0.0506. The van der Waals surface area contributed by atoms with Crippen LogP contribution in [0.5, 0.6) is 0 Å². The fourth-order valence-corrected chi connectivity index (χ4v) is 2.57. The Bertz CT molecular complexity index is 572. The molecule has 0 aliphatic carbocycles. The van der Waals surface area contributed by atoms with Crippen molar-refractivity contribution in [3.63, 3.8) is 0 Å². The van der Waals surface area contributed by atoms with Crippen LogP contribution in [-0.4, -0.2) is 35.7 Å². The van der Waals surface area contributed by atoms with E-state index in [0.717, 1.165) is 31.6 Å². The zero-order chi connectivity index (χ0) is 16.2. The van der Waals surface area contributed by atoms with Gasteiger partial charge in [0, 0.05) is 25.7 Å². The molecule has 0 unspecified atom stereocenters. The second-order valence-electron chi connectivity index (χ2n) is 6.68. The standard InChI is InChI=1S/C17H23N3O2/c1-17(2,3)22-16(21)19-15-7-8-20(12-15)11-14-6-4-5-13(9-14)10-18/h4-6,9,15H,7-8,11-12H2,1-3H3,(H,19,21)/t15-/m1/s1. The minimum absolute atomic E-state index is 0.119. The third kappa shape index (κ3) is 5.05. The van der Waals surface area contributed by atoms with Crippen molar-refractivity contribution in [3.8, 4) is 6.07 Å². The largest absolute Gasteiger partial charge is 0.444 e. The summed E-state index contributed by atoms with van der Waals surface area (Å²) in [7, 11) is 0. The van der Waals surface area contributed by atoms with E-state index < -0.39 is 5.60 Å². The molecule has 5 nitrogen and oxygen atoms in total. The van der Waals surface area contributed by atoms with E-state index in [1.807, 2.05) is 39.0 Å². The summed E-state index contributed by atoms with van der Waals surface area (Å²) in [6, 6.07) is 9.92. The van der Waals surface area contributed by atoms with Gasteiger partial charge in [-0.1, -0.05) is 12.1 Å². The van der Waals surface area contributed by atoms with Crippen LogP contribution in [0, 0.1) is 11.3 Å². The maximum Gasteiger partial charge on any atom is 0.407 e. The van der Waals surface area contributed by atoms with Crippen molar-refractivity contribution in [1.82, 2.24) is 10.2 Å². The lowest BCUT2D eigenvalue weighted by Gasteiger charge is -2.22. The van der Waals surface area contributed by atoms with Crippen molar-refractivity contribution >= 4 is 6.09 Å². The normalized spacial score (nSPS) is 18.7. The van der Waals surface area contributed by atoms with Crippen molar-refractivity contribution in [2.45, 2.75) is 45.4 Å². The monoisotopic (exact) mass is 301 g/mol. The van der Waals surface area contributed by atoms with Crippen LogP contribution in [-0.2, 0) is 11.3 Å². The van der Waals surface area contributed by atoms with Gasteiger partial charge in [0.05, 0.1) is 11.6 Å². The Labute approximate surface area is 131 Å². The van der Waals surface area contributed by atoms with Crippen LogP contribution in [0.1, 0.15) is 38.3 Å². The summed E-state index contributed by atoms with van der Waals surface area (Å²) < 4.78 is 5.28. The molecule has 0 radical (unpaired) electrons. The fraction of sp³-hybridized carbons (Fsp3) is 0.529. The predicted molar refractivity (Wildman–Crippen MR) is 84.2 cm³/mol. The molecule has 0 bridgehead atoms. The predicted octanol–water partition coefficient (Wildman–Crippen LogP) is 2.66. The minimum atomic E-state index is -0.472. The summed E-state index contributed by atoms with van der Waals surface area (Å²) in [4.78, 5) is 14.1. The van der Waals surface area contributed by atoms with Crippen LogP contribution in [0.2, 0.25) is 0 Å². The number of rotatable bonds is 3. The van der Waals surface area contributed by atoms with Gasteiger partial charge in [-0.2, -0.15) is 5.26 Å². The van der Waals surface area contributed by atoms with Gasteiger partial charge in [0.15, 0.2) is 0 Å². The van der Waals surface area contributed by atoms with E-state index in [4.69, 9.17) is 10.00 Å². The van der Waals surface area contributed by atoms with Gasteiger partial charge in [-0.05, 0) is 44.9 Å². The van der Waals surface area contributed by atoms with E-state index in [1.54, 1.807) is 6.07 Å². The number of nitriles is 1. The van der Waals surface area contributed by atoms with Gasteiger partial charge in [0.2, 0.25) is 0 Å². The molecule has 1 amide bonds. The number of hydrogen-bond donors (Lipinski definition) is 1. The number of benzene rings is 1. The summed E-state index contributed by atoms with van der Waals surface area (Å²) in [6.07, 6.45) is 0.558. The second kappa shape index (κ2) is 6.80. The highest BCUT2D eigenvalue weighted by Crippen LogP contribution is 2.15. The lowest BCUT2D eigenvalue weighted by atomic mass is 10.1. The Morgan fingerprint density at radius 2 is 2.27 bits per heavy atom. The molecule has 1 saturated heterocycles. The molecule has 1 aliphatic rings. The summed E-state index contributed by atoms with van der Waals surface area (Å²) in [6.45, 7) is 8.09. The van der Waals surface area contributed by atoms with Crippen molar-refractivity contribution in [3.05, 3.63) is 35.4 Å². The zero-order valence-electron chi connectivity index (χ0n) is 13.4. The van der Waals surface area contributed by atoms with Gasteiger partial charge in [-0.15, -0.1) is 0 Å². The quantitative estimate of drug-likeness (QED) is 0.932. The molecule has 1 aromatic rings. The molecule has 1 aromatic carbocycles. The molecule has 0 aromatic heterocycles. The zero-order valence-corrected chi connectivity index (χ0v) is 13.4. The highest BCUT2D eigenvalue weighted by molar-refractivity contribution is 5.68. The van der Waals surface area contributed by atoms with Crippen molar-refractivity contribution < 1.29 is 9.53 Å². The van der Waals surface area contributed by atoms with E-state index in [1.165, 1.54) is 0 Å². The highest BCUT2D eigenvalue weighted by Gasteiger charge is 2.26. The van der Waals surface area contributed by atoms with Crippen molar-refractivity contribution in [1.29, 1.82) is 5.26 Å². The van der Waals surface area contributed by atoms with Gasteiger partial charge in [-0.3, -0.25) is 4.90 Å². The second-order valence-corrected chi connectivity index (χ2v) is 6.68. The summed E-state index contributed by atoms with van der Waals surface area (Å²) in [5.41, 5.74) is 1.33. The number of alkyl carbamates (subject to hydrolysis) is 1. The molecule has 0 spiro atoms. The number of nitrogens with one attached hydrogen (secondary N) is 1. The average Bonchev–Trinajstić information content (AvgIpc) is 2.83. The van der Waals surface area contributed by atoms with Crippen molar-refractivity contribution in [2.75, 3.05) is 13.1 Å². The first-order valence-electron chi connectivity index (χ1n) is 7.56. The molecule has 0 saturated carbocycles. The first-order chi connectivity index (χ1) is 10.4. The number of carbonyl (C=O) groups is 1. The number of likely N-dealkylation sites (tertiary alicyclic amines) is 1. The smallest absolute Gasteiger partial charge is 0.407 e. The molecule has 1 N–H and O–H groups in total. The van der Waals surface area contributed by atoms with Crippen LogP contribution in [0.3, 0.4) is 0 Å². The Morgan fingerprint density at radius 3 is 2.95 bits per heavy atom. The molecular formula is C17H23N3O2. The fourth-order valence-electron chi connectivity index (χ4n) is 2.57. The Kier molecular flexibility index (Phi) is 5.04. The number of ether oxygens (including phenoxy) is 1. The van der Waals surface area contributed by atoms with Gasteiger partial charge in [0.1, 0.15) is 5.60 Å². The highest BCUT2D eigenvalue weighted by atomic mass is 16.6. The number of carbonyl (C=O) groups excluding carboxylic acids is 1. The number of amides is 1. The number of nitrogens with zero attached hydrogens (tertiary/aromatic N) is 2.